The van der Waals surface area contributed by atoms with Crippen LogP contribution in [-0.4, -0.2) is 15.0 Å². The molecule has 0 fully saturated rings. The van der Waals surface area contributed by atoms with Crippen molar-refractivity contribution in [2.75, 3.05) is 0 Å². The number of hydrogen-bond donors (Lipinski definition) is 1. The monoisotopic (exact) mass is 702 g/mol. The molecule has 6 aromatic carbocycles. The molecular formula is C46H30N4S2. The van der Waals surface area contributed by atoms with E-state index in [9.17, 15) is 0 Å². The first-order valence-corrected chi connectivity index (χ1v) is 19.1. The van der Waals surface area contributed by atoms with E-state index in [-0.39, 0.29) is 5.37 Å². The summed E-state index contributed by atoms with van der Waals surface area (Å²) in [6, 6.07) is 52.3. The van der Waals surface area contributed by atoms with Gasteiger partial charge in [-0.2, -0.15) is 0 Å². The molecule has 1 aliphatic heterocycles. The smallest absolute Gasteiger partial charge is 0.141 e. The second kappa shape index (κ2) is 12.9. The fourth-order valence-electron chi connectivity index (χ4n) is 7.45. The molecule has 246 valence electrons. The molecule has 0 saturated heterocycles. The van der Waals surface area contributed by atoms with Crippen molar-refractivity contribution in [3.8, 4) is 55.5 Å². The highest BCUT2D eigenvalue weighted by atomic mass is 32.2. The van der Waals surface area contributed by atoms with E-state index in [1.54, 1.807) is 23.1 Å². The van der Waals surface area contributed by atoms with Gasteiger partial charge in [0.25, 0.3) is 0 Å². The molecule has 6 heteroatoms. The van der Waals surface area contributed by atoms with Crippen LogP contribution >= 0.6 is 23.1 Å². The van der Waals surface area contributed by atoms with Gasteiger partial charge in [-0.3, -0.25) is 0 Å². The SMILES string of the molecule is C1=CSC(c2cccc(-c3c4ccccc4c(-c4cccc(-c5nccs5)n4)c4ccc(-c5ccc(-c6cccc7ccccc67)cc5)cc34)n2)N1. The molecule has 1 atom stereocenters. The van der Waals surface area contributed by atoms with Gasteiger partial charge in [0.15, 0.2) is 0 Å². The topological polar surface area (TPSA) is 50.7 Å². The predicted molar refractivity (Wildman–Crippen MR) is 220 cm³/mol. The number of fused-ring (bicyclic) bond motifs is 3. The molecule has 0 bridgehead atoms. The summed E-state index contributed by atoms with van der Waals surface area (Å²) in [5.74, 6) is 0. The molecule has 0 amide bonds. The largest absolute Gasteiger partial charge is 0.374 e. The van der Waals surface area contributed by atoms with Gasteiger partial charge in [-0.1, -0.05) is 115 Å². The van der Waals surface area contributed by atoms with E-state index in [1.807, 2.05) is 23.8 Å². The first kappa shape index (κ1) is 30.7. The molecule has 10 rings (SSSR count). The summed E-state index contributed by atoms with van der Waals surface area (Å²) in [4.78, 5) is 15.1. The highest BCUT2D eigenvalue weighted by Crippen LogP contribution is 2.45. The lowest BCUT2D eigenvalue weighted by Crippen LogP contribution is -2.09. The third-order valence-corrected chi connectivity index (χ3v) is 11.6. The second-order valence-electron chi connectivity index (χ2n) is 12.8. The molecule has 9 aromatic rings. The van der Waals surface area contributed by atoms with E-state index >= 15 is 0 Å². The maximum absolute atomic E-state index is 5.30. The molecule has 0 spiro atoms. The van der Waals surface area contributed by atoms with Crippen molar-refractivity contribution in [3.05, 3.63) is 174 Å². The van der Waals surface area contributed by atoms with Gasteiger partial charge in [0.2, 0.25) is 0 Å². The van der Waals surface area contributed by atoms with E-state index in [0.717, 1.165) is 71.6 Å². The number of rotatable bonds is 6. The third-order valence-electron chi connectivity index (χ3n) is 9.83. The summed E-state index contributed by atoms with van der Waals surface area (Å²) in [6.45, 7) is 0. The highest BCUT2D eigenvalue weighted by molar-refractivity contribution is 8.02. The summed E-state index contributed by atoms with van der Waals surface area (Å²) in [7, 11) is 0. The van der Waals surface area contributed by atoms with E-state index in [4.69, 9.17) is 9.97 Å². The summed E-state index contributed by atoms with van der Waals surface area (Å²) in [6.07, 6.45) is 3.83. The van der Waals surface area contributed by atoms with Crippen LogP contribution in [0.5, 0.6) is 0 Å². The molecule has 4 heterocycles. The van der Waals surface area contributed by atoms with Crippen molar-refractivity contribution in [2.24, 2.45) is 0 Å². The van der Waals surface area contributed by atoms with Gasteiger partial charge in [0, 0.05) is 28.9 Å². The Balaban J connectivity index is 1.19. The minimum Gasteiger partial charge on any atom is -0.374 e. The van der Waals surface area contributed by atoms with Crippen LogP contribution in [0.25, 0.3) is 87.8 Å². The van der Waals surface area contributed by atoms with E-state index in [2.05, 4.69) is 155 Å². The maximum atomic E-state index is 5.30. The fourth-order valence-corrected chi connectivity index (χ4v) is 8.80. The number of nitrogens with one attached hydrogen (secondary N) is 1. The number of thioether (sulfide) groups is 1. The van der Waals surface area contributed by atoms with Crippen molar-refractivity contribution in [1.82, 2.24) is 20.3 Å². The lowest BCUT2D eigenvalue weighted by Gasteiger charge is -2.19. The van der Waals surface area contributed by atoms with Gasteiger partial charge in [-0.05, 0) is 90.3 Å². The van der Waals surface area contributed by atoms with Crippen LogP contribution in [0.2, 0.25) is 0 Å². The summed E-state index contributed by atoms with van der Waals surface area (Å²) in [5.41, 5.74) is 10.7. The molecule has 4 nitrogen and oxygen atoms in total. The zero-order valence-corrected chi connectivity index (χ0v) is 29.5. The first-order valence-electron chi connectivity index (χ1n) is 17.3. The van der Waals surface area contributed by atoms with Crippen LogP contribution in [0.1, 0.15) is 11.1 Å². The quantitative estimate of drug-likeness (QED) is 0.175. The number of aromatic nitrogens is 3. The lowest BCUT2D eigenvalue weighted by atomic mass is 9.87. The van der Waals surface area contributed by atoms with Gasteiger partial charge in [0.1, 0.15) is 10.4 Å². The number of nitrogens with zero attached hydrogens (tertiary/aromatic N) is 3. The summed E-state index contributed by atoms with van der Waals surface area (Å²) in [5, 5.41) is 15.6. The van der Waals surface area contributed by atoms with Gasteiger partial charge in [-0.25, -0.2) is 15.0 Å². The van der Waals surface area contributed by atoms with Crippen molar-refractivity contribution in [2.45, 2.75) is 5.37 Å². The lowest BCUT2D eigenvalue weighted by molar-refractivity contribution is 0.829. The predicted octanol–water partition coefficient (Wildman–Crippen LogP) is 12.5. The molecule has 1 aliphatic rings. The summed E-state index contributed by atoms with van der Waals surface area (Å²) < 4.78 is 0. The number of hydrogen-bond acceptors (Lipinski definition) is 6. The third kappa shape index (κ3) is 5.35. The maximum Gasteiger partial charge on any atom is 0.141 e. The number of benzene rings is 6. The Hall–Kier alpha value is -6.08. The Labute approximate surface area is 309 Å². The average molecular weight is 703 g/mol. The van der Waals surface area contributed by atoms with E-state index in [1.165, 1.54) is 21.9 Å². The van der Waals surface area contributed by atoms with Gasteiger partial charge < -0.3 is 5.32 Å². The van der Waals surface area contributed by atoms with Gasteiger partial charge in [0.05, 0.1) is 22.8 Å². The van der Waals surface area contributed by atoms with Crippen molar-refractivity contribution < 1.29 is 0 Å². The van der Waals surface area contributed by atoms with Crippen LogP contribution in [0.15, 0.2) is 169 Å². The van der Waals surface area contributed by atoms with Crippen molar-refractivity contribution in [1.29, 1.82) is 0 Å². The number of pyridine rings is 2. The van der Waals surface area contributed by atoms with Crippen LogP contribution in [0, 0.1) is 0 Å². The zero-order chi connectivity index (χ0) is 34.4. The van der Waals surface area contributed by atoms with Crippen LogP contribution < -0.4 is 5.32 Å². The highest BCUT2D eigenvalue weighted by Gasteiger charge is 2.21. The molecule has 0 saturated carbocycles. The molecule has 0 radical (unpaired) electrons. The van der Waals surface area contributed by atoms with E-state index < -0.39 is 0 Å². The minimum atomic E-state index is 0.0883. The molecule has 0 aliphatic carbocycles. The van der Waals surface area contributed by atoms with Crippen LogP contribution in [0.3, 0.4) is 0 Å². The van der Waals surface area contributed by atoms with Gasteiger partial charge in [-0.15, -0.1) is 23.1 Å². The van der Waals surface area contributed by atoms with Crippen LogP contribution in [-0.2, 0) is 0 Å². The van der Waals surface area contributed by atoms with Gasteiger partial charge >= 0.3 is 0 Å². The zero-order valence-electron chi connectivity index (χ0n) is 27.9. The Bertz CT molecular complexity index is 2790. The Morgan fingerprint density at radius 1 is 0.519 bits per heavy atom. The number of thiazole rings is 1. The average Bonchev–Trinajstić information content (AvgIpc) is 3.96. The normalized spacial score (nSPS) is 14.0. The van der Waals surface area contributed by atoms with Crippen molar-refractivity contribution in [3.63, 3.8) is 0 Å². The second-order valence-corrected chi connectivity index (χ2v) is 14.7. The Morgan fingerprint density at radius 2 is 1.17 bits per heavy atom. The fraction of sp³-hybridized carbons (Fsp3) is 0.0217. The van der Waals surface area contributed by atoms with Crippen molar-refractivity contribution >= 4 is 55.4 Å². The van der Waals surface area contributed by atoms with E-state index in [0.29, 0.717) is 0 Å². The van der Waals surface area contributed by atoms with Crippen LogP contribution in [0.4, 0.5) is 0 Å². The molecule has 1 unspecified atom stereocenters. The molecule has 52 heavy (non-hydrogen) atoms. The molecular weight excluding hydrogens is 673 g/mol. The molecule has 1 N–H and O–H groups in total. The summed E-state index contributed by atoms with van der Waals surface area (Å²) >= 11 is 3.34. The first-order chi connectivity index (χ1) is 25.8. The Kier molecular flexibility index (Phi) is 7.63. The molecule has 3 aromatic heterocycles. The standard InChI is InChI=1S/C46H30N4S2/c1-2-10-33-30(8-1)9-5-13-34(33)31-20-18-29(19-21-31)32-22-23-37-38(28-32)44(40-15-7-17-42(50-40)46-48-25-27-52-46)36-12-4-3-11-35(36)43(37)39-14-6-16-41(49-39)45-47-24-26-51-45/h1-28,46,48H. The Morgan fingerprint density at radius 3 is 1.96 bits per heavy atom. The minimum absolute atomic E-state index is 0.0883.